The molecule has 0 saturated carbocycles. The van der Waals surface area contributed by atoms with Crippen LogP contribution in [0.15, 0.2) is 46.6 Å². The van der Waals surface area contributed by atoms with Crippen molar-refractivity contribution in [2.24, 2.45) is 0 Å². The maximum absolute atomic E-state index is 9.49. The molecule has 1 atom stereocenters. The lowest BCUT2D eigenvalue weighted by molar-refractivity contribution is 0.353. The molecular formula is C15H14ClN3S2. The van der Waals surface area contributed by atoms with Crippen molar-refractivity contribution in [3.05, 3.63) is 57.2 Å². The van der Waals surface area contributed by atoms with Gasteiger partial charge in [-0.1, -0.05) is 29.8 Å². The Kier molecular flexibility index (Phi) is 4.39. The molecule has 1 unspecified atom stereocenters. The number of rotatable bonds is 2. The Morgan fingerprint density at radius 2 is 2.19 bits per heavy atom. The lowest BCUT2D eigenvalue weighted by Gasteiger charge is -2.18. The highest BCUT2D eigenvalue weighted by molar-refractivity contribution is 8.25. The third kappa shape index (κ3) is 3.03. The van der Waals surface area contributed by atoms with Gasteiger partial charge in [0.15, 0.2) is 0 Å². The molecule has 3 nitrogen and oxygen atoms in total. The summed E-state index contributed by atoms with van der Waals surface area (Å²) in [7, 11) is 2.00. The van der Waals surface area contributed by atoms with Gasteiger partial charge in [0.2, 0.25) is 0 Å². The molecule has 3 rings (SSSR count). The van der Waals surface area contributed by atoms with Crippen molar-refractivity contribution in [2.45, 2.75) is 5.25 Å². The number of nitrogens with zero attached hydrogens (tertiary/aromatic N) is 3. The fraction of sp³-hybridized carbons (Fsp3) is 0.267. The molecule has 2 aliphatic heterocycles. The van der Waals surface area contributed by atoms with Crippen LogP contribution in [0.5, 0.6) is 0 Å². The van der Waals surface area contributed by atoms with Crippen molar-refractivity contribution >= 4 is 35.1 Å². The Hall–Kier alpha value is -1.22. The van der Waals surface area contributed by atoms with Crippen LogP contribution in [0.1, 0.15) is 10.8 Å². The first-order valence-corrected chi connectivity index (χ1v) is 8.77. The number of nitriles is 1. The smallest absolute Gasteiger partial charge is 0.141 e. The Bertz CT molecular complexity index is 651. The Morgan fingerprint density at radius 1 is 1.38 bits per heavy atom. The average Bonchev–Trinajstić information content (AvgIpc) is 3.10. The predicted octanol–water partition coefficient (Wildman–Crippen LogP) is 4.23. The average molecular weight is 336 g/mol. The first-order chi connectivity index (χ1) is 10.2. The minimum Gasteiger partial charge on any atom is -0.361 e. The molecule has 6 heteroatoms. The standard InChI is InChI=1S/C15H14ClN3S2/c1-18-6-7-19(10-18)13(8-17)15-20-9-14(21-15)11-4-2-3-5-12(11)16/h2-7,14H,9-10H2,1H3/b15-13+. The molecule has 0 aromatic heterocycles. The molecule has 0 N–H and O–H groups in total. The summed E-state index contributed by atoms with van der Waals surface area (Å²) in [5, 5.41) is 10.6. The van der Waals surface area contributed by atoms with Gasteiger partial charge >= 0.3 is 0 Å². The number of hydrogen-bond acceptors (Lipinski definition) is 5. The third-order valence-electron chi connectivity index (χ3n) is 3.33. The molecule has 2 heterocycles. The fourth-order valence-electron chi connectivity index (χ4n) is 2.26. The predicted molar refractivity (Wildman–Crippen MR) is 90.5 cm³/mol. The topological polar surface area (TPSA) is 30.3 Å². The van der Waals surface area contributed by atoms with E-state index in [9.17, 15) is 5.26 Å². The highest BCUT2D eigenvalue weighted by atomic mass is 35.5. The second-order valence-corrected chi connectivity index (χ2v) is 7.76. The van der Waals surface area contributed by atoms with Crippen LogP contribution in [-0.4, -0.2) is 29.3 Å². The Morgan fingerprint density at radius 3 is 2.86 bits per heavy atom. The number of allylic oxidation sites excluding steroid dienone is 1. The van der Waals surface area contributed by atoms with Crippen LogP contribution in [0, 0.1) is 11.3 Å². The van der Waals surface area contributed by atoms with E-state index >= 15 is 0 Å². The molecule has 1 fully saturated rings. The zero-order valence-corrected chi connectivity index (χ0v) is 13.9. The van der Waals surface area contributed by atoms with E-state index in [0.717, 1.165) is 32.9 Å². The zero-order chi connectivity index (χ0) is 14.8. The summed E-state index contributed by atoms with van der Waals surface area (Å²) in [4.78, 5) is 4.04. The second-order valence-electron chi connectivity index (χ2n) is 4.85. The summed E-state index contributed by atoms with van der Waals surface area (Å²) in [6.07, 6.45) is 3.93. The fourth-order valence-corrected chi connectivity index (χ4v) is 5.54. The maximum atomic E-state index is 9.49. The van der Waals surface area contributed by atoms with Crippen LogP contribution in [0.2, 0.25) is 5.02 Å². The molecule has 1 saturated heterocycles. The van der Waals surface area contributed by atoms with E-state index in [0.29, 0.717) is 5.25 Å². The van der Waals surface area contributed by atoms with Gasteiger partial charge in [0.05, 0.1) is 10.9 Å². The summed E-state index contributed by atoms with van der Waals surface area (Å²) < 4.78 is 1.09. The maximum Gasteiger partial charge on any atom is 0.141 e. The Balaban J connectivity index is 1.83. The van der Waals surface area contributed by atoms with E-state index in [1.165, 1.54) is 0 Å². The quantitative estimate of drug-likeness (QED) is 0.755. The minimum absolute atomic E-state index is 0.311. The van der Waals surface area contributed by atoms with Crippen LogP contribution in [0.3, 0.4) is 0 Å². The summed E-state index contributed by atoms with van der Waals surface area (Å²) >= 11 is 9.76. The monoisotopic (exact) mass is 335 g/mol. The van der Waals surface area contributed by atoms with Crippen LogP contribution < -0.4 is 0 Å². The second kappa shape index (κ2) is 6.27. The SMILES string of the molecule is CN1C=CN(/C(C#N)=C2\SCC(c3ccccc3Cl)S2)C1. The molecule has 0 amide bonds. The van der Waals surface area contributed by atoms with Gasteiger partial charge in [-0.25, -0.2) is 0 Å². The minimum atomic E-state index is 0.311. The van der Waals surface area contributed by atoms with Gasteiger partial charge in [0, 0.05) is 35.5 Å². The Labute approximate surface area is 138 Å². The number of thioether (sulfide) groups is 2. The normalized spacial score (nSPS) is 23.6. The van der Waals surface area contributed by atoms with E-state index < -0.39 is 0 Å². The summed E-state index contributed by atoms with van der Waals surface area (Å²) in [6.45, 7) is 0.726. The number of benzene rings is 1. The molecule has 0 spiro atoms. The number of hydrogen-bond donors (Lipinski definition) is 0. The first-order valence-electron chi connectivity index (χ1n) is 6.52. The molecule has 108 valence electrons. The lowest BCUT2D eigenvalue weighted by atomic mass is 10.2. The van der Waals surface area contributed by atoms with E-state index in [1.807, 2.05) is 47.4 Å². The van der Waals surface area contributed by atoms with Crippen LogP contribution in [-0.2, 0) is 0 Å². The largest absolute Gasteiger partial charge is 0.361 e. The molecular weight excluding hydrogens is 322 g/mol. The van der Waals surface area contributed by atoms with Crippen molar-refractivity contribution in [3.8, 4) is 6.07 Å². The van der Waals surface area contributed by atoms with Gasteiger partial charge < -0.3 is 9.80 Å². The molecule has 0 bridgehead atoms. The molecule has 1 aromatic rings. The van der Waals surface area contributed by atoms with Crippen molar-refractivity contribution in [2.75, 3.05) is 19.5 Å². The van der Waals surface area contributed by atoms with Gasteiger partial charge in [-0.3, -0.25) is 0 Å². The van der Waals surface area contributed by atoms with Gasteiger partial charge in [-0.15, -0.1) is 23.5 Å². The van der Waals surface area contributed by atoms with Crippen molar-refractivity contribution in [1.82, 2.24) is 9.80 Å². The van der Waals surface area contributed by atoms with E-state index in [-0.39, 0.29) is 0 Å². The highest BCUT2D eigenvalue weighted by Crippen LogP contribution is 2.52. The lowest BCUT2D eigenvalue weighted by Crippen LogP contribution is -2.21. The van der Waals surface area contributed by atoms with Crippen LogP contribution in [0.25, 0.3) is 0 Å². The molecule has 0 aliphatic carbocycles. The first kappa shape index (κ1) is 14.7. The van der Waals surface area contributed by atoms with E-state index in [1.54, 1.807) is 23.5 Å². The van der Waals surface area contributed by atoms with Crippen molar-refractivity contribution in [1.29, 1.82) is 5.26 Å². The molecule has 2 aliphatic rings. The molecule has 21 heavy (non-hydrogen) atoms. The van der Waals surface area contributed by atoms with Gasteiger partial charge in [-0.05, 0) is 11.6 Å². The number of halogens is 1. The zero-order valence-electron chi connectivity index (χ0n) is 11.5. The summed E-state index contributed by atoms with van der Waals surface area (Å²) in [6, 6.07) is 10.3. The summed E-state index contributed by atoms with van der Waals surface area (Å²) in [5.41, 5.74) is 1.89. The molecule has 1 aromatic carbocycles. The third-order valence-corrected chi connectivity index (χ3v) is 6.60. The summed E-state index contributed by atoms with van der Waals surface area (Å²) in [5.74, 6) is 0.947. The molecule has 0 radical (unpaired) electrons. The van der Waals surface area contributed by atoms with E-state index in [4.69, 9.17) is 11.6 Å². The van der Waals surface area contributed by atoms with Crippen molar-refractivity contribution in [3.63, 3.8) is 0 Å². The highest BCUT2D eigenvalue weighted by Gasteiger charge is 2.29. The van der Waals surface area contributed by atoms with E-state index in [2.05, 4.69) is 12.1 Å². The van der Waals surface area contributed by atoms with Crippen LogP contribution >= 0.6 is 35.1 Å². The van der Waals surface area contributed by atoms with Gasteiger partial charge in [0.1, 0.15) is 11.8 Å². The van der Waals surface area contributed by atoms with Crippen molar-refractivity contribution < 1.29 is 0 Å². The van der Waals surface area contributed by atoms with Gasteiger partial charge in [-0.2, -0.15) is 5.26 Å². The van der Waals surface area contributed by atoms with Gasteiger partial charge in [0.25, 0.3) is 0 Å². The van der Waals surface area contributed by atoms with Crippen LogP contribution in [0.4, 0.5) is 0 Å².